The summed E-state index contributed by atoms with van der Waals surface area (Å²) in [6.45, 7) is 3.31. The molecule has 6 heteroatoms. The molecule has 0 aliphatic heterocycles. The zero-order valence-electron chi connectivity index (χ0n) is 9.30. The monoisotopic (exact) mass is 256 g/mol. The number of anilines is 1. The zero-order valence-corrected chi connectivity index (χ0v) is 10.1. The molecule has 4 nitrogen and oxygen atoms in total. The first-order chi connectivity index (χ1) is 8.02. The Kier molecular flexibility index (Phi) is 4.30. The highest BCUT2D eigenvalue weighted by atomic mass is 35.5. The van der Waals surface area contributed by atoms with Crippen molar-refractivity contribution in [3.63, 3.8) is 0 Å². The summed E-state index contributed by atoms with van der Waals surface area (Å²) in [6, 6.07) is 0. The predicted molar refractivity (Wildman–Crippen MR) is 62.1 cm³/mol. The van der Waals surface area contributed by atoms with E-state index in [9.17, 15) is 9.18 Å². The molecule has 90 valence electrons. The lowest BCUT2D eigenvalue weighted by Crippen LogP contribution is -2.13. The van der Waals surface area contributed by atoms with E-state index < -0.39 is 22.6 Å². The van der Waals surface area contributed by atoms with E-state index in [0.29, 0.717) is 0 Å². The molecule has 1 aromatic rings. The van der Waals surface area contributed by atoms with E-state index in [1.807, 2.05) is 0 Å². The molecule has 0 aliphatic rings. The van der Waals surface area contributed by atoms with Crippen molar-refractivity contribution in [2.45, 2.75) is 13.8 Å². The highest BCUT2D eigenvalue weighted by Gasteiger charge is 2.22. The van der Waals surface area contributed by atoms with E-state index in [2.05, 4.69) is 16.8 Å². The summed E-state index contributed by atoms with van der Waals surface area (Å²) >= 11 is 5.52. The molecule has 0 bridgehead atoms. The molecule has 2 N–H and O–H groups in total. The number of nitrogens with zero attached hydrogens (tertiary/aromatic N) is 1. The first-order valence-electron chi connectivity index (χ1n) is 4.77. The van der Waals surface area contributed by atoms with Crippen LogP contribution in [0.25, 0.3) is 0 Å². The number of aromatic nitrogens is 1. The number of nitrogen functional groups attached to an aromatic ring is 1. The van der Waals surface area contributed by atoms with Crippen LogP contribution in [0.15, 0.2) is 0 Å². The minimum Gasteiger partial charge on any atom is -0.462 e. The van der Waals surface area contributed by atoms with Crippen molar-refractivity contribution in [3.05, 3.63) is 22.2 Å². The molecule has 0 fully saturated rings. The number of carbonyl (C=O) groups excluding carboxylic acids is 1. The second-order valence-corrected chi connectivity index (χ2v) is 3.31. The van der Waals surface area contributed by atoms with Crippen molar-refractivity contribution in [1.29, 1.82) is 0 Å². The summed E-state index contributed by atoms with van der Waals surface area (Å²) < 4.78 is 18.2. The first-order valence-corrected chi connectivity index (χ1v) is 5.15. The third kappa shape index (κ3) is 2.66. The number of ether oxygens (including phenoxy) is 1. The Labute approximate surface area is 103 Å². The Morgan fingerprint density at radius 2 is 2.29 bits per heavy atom. The molecule has 1 heterocycles. The van der Waals surface area contributed by atoms with Gasteiger partial charge in [-0.25, -0.2) is 14.2 Å². The fourth-order valence-corrected chi connectivity index (χ4v) is 1.36. The lowest BCUT2D eigenvalue weighted by Gasteiger charge is -2.08. The van der Waals surface area contributed by atoms with Gasteiger partial charge in [-0.05, 0) is 19.8 Å². The Balaban J connectivity index is 3.47. The molecule has 17 heavy (non-hydrogen) atoms. The van der Waals surface area contributed by atoms with Crippen LogP contribution >= 0.6 is 11.6 Å². The Morgan fingerprint density at radius 3 is 2.82 bits per heavy atom. The Morgan fingerprint density at radius 1 is 1.65 bits per heavy atom. The molecule has 0 amide bonds. The molecular weight excluding hydrogens is 247 g/mol. The van der Waals surface area contributed by atoms with Crippen molar-refractivity contribution in [1.82, 2.24) is 4.98 Å². The van der Waals surface area contributed by atoms with Crippen LogP contribution < -0.4 is 5.73 Å². The second kappa shape index (κ2) is 5.51. The number of halogens is 2. The largest absolute Gasteiger partial charge is 0.462 e. The molecule has 0 aliphatic carbocycles. The van der Waals surface area contributed by atoms with Gasteiger partial charge in [-0.3, -0.25) is 0 Å². The van der Waals surface area contributed by atoms with Gasteiger partial charge in [-0.1, -0.05) is 17.5 Å². The lowest BCUT2D eigenvalue weighted by atomic mass is 10.1. The van der Waals surface area contributed by atoms with Crippen LogP contribution in [0.5, 0.6) is 0 Å². The van der Waals surface area contributed by atoms with Crippen LogP contribution in [0.1, 0.15) is 29.9 Å². The average molecular weight is 257 g/mol. The number of carbonyl (C=O) groups is 1. The maximum Gasteiger partial charge on any atom is 0.343 e. The van der Waals surface area contributed by atoms with E-state index in [0.717, 1.165) is 0 Å². The van der Waals surface area contributed by atoms with Crippen LogP contribution in [0.3, 0.4) is 0 Å². The van der Waals surface area contributed by atoms with E-state index in [-0.39, 0.29) is 17.9 Å². The minimum absolute atomic E-state index is 0.00912. The van der Waals surface area contributed by atoms with E-state index in [1.54, 1.807) is 13.8 Å². The van der Waals surface area contributed by atoms with Gasteiger partial charge in [-0.15, -0.1) is 0 Å². The quantitative estimate of drug-likeness (QED) is 0.499. The zero-order chi connectivity index (χ0) is 13.0. The number of nitrogens with two attached hydrogens (primary N) is 1. The van der Waals surface area contributed by atoms with Crippen LogP contribution in [0.2, 0.25) is 5.15 Å². The number of rotatable bonds is 2. The number of pyridine rings is 1. The minimum atomic E-state index is -0.948. The topological polar surface area (TPSA) is 65.2 Å². The van der Waals surface area contributed by atoms with Crippen molar-refractivity contribution in [3.8, 4) is 11.8 Å². The van der Waals surface area contributed by atoms with Crippen molar-refractivity contribution in [2.24, 2.45) is 0 Å². The highest BCUT2D eigenvalue weighted by Crippen LogP contribution is 2.25. The molecule has 0 spiro atoms. The second-order valence-electron chi connectivity index (χ2n) is 2.95. The molecule has 0 atom stereocenters. The summed E-state index contributed by atoms with van der Waals surface area (Å²) in [6.07, 6.45) is 0. The Hall–Kier alpha value is -1.80. The number of hydrogen-bond donors (Lipinski definition) is 1. The van der Waals surface area contributed by atoms with E-state index in [1.165, 1.54) is 0 Å². The van der Waals surface area contributed by atoms with Gasteiger partial charge in [0.2, 0.25) is 0 Å². The molecule has 0 saturated heterocycles. The smallest absolute Gasteiger partial charge is 0.343 e. The third-order valence-corrected chi connectivity index (χ3v) is 2.11. The predicted octanol–water partition coefficient (Wildman–Crippen LogP) is 2.00. The lowest BCUT2D eigenvalue weighted by molar-refractivity contribution is 0.0526. The van der Waals surface area contributed by atoms with Gasteiger partial charge >= 0.3 is 5.97 Å². The van der Waals surface area contributed by atoms with Gasteiger partial charge in [0.05, 0.1) is 12.3 Å². The summed E-state index contributed by atoms with van der Waals surface area (Å²) in [5, 5.41) is -0.423. The van der Waals surface area contributed by atoms with Gasteiger partial charge in [0, 0.05) is 0 Å². The van der Waals surface area contributed by atoms with Gasteiger partial charge in [0.1, 0.15) is 11.3 Å². The summed E-state index contributed by atoms with van der Waals surface area (Å²) in [5.41, 5.74) is 4.89. The van der Waals surface area contributed by atoms with Gasteiger partial charge in [-0.2, -0.15) is 0 Å². The third-order valence-electron chi connectivity index (χ3n) is 1.86. The van der Waals surface area contributed by atoms with Crippen LogP contribution in [-0.2, 0) is 4.74 Å². The van der Waals surface area contributed by atoms with Crippen molar-refractivity contribution < 1.29 is 13.9 Å². The molecule has 1 rings (SSSR count). The average Bonchev–Trinajstić information content (AvgIpc) is 2.27. The fraction of sp³-hybridized carbons (Fsp3) is 0.273. The first kappa shape index (κ1) is 13.3. The molecule has 0 aromatic carbocycles. The molecule has 0 saturated carbocycles. The van der Waals surface area contributed by atoms with Gasteiger partial charge < -0.3 is 10.5 Å². The summed E-state index contributed by atoms with van der Waals surface area (Å²) in [5.74, 6) is 3.35. The van der Waals surface area contributed by atoms with E-state index in [4.69, 9.17) is 22.1 Å². The maximum atomic E-state index is 13.4. The van der Waals surface area contributed by atoms with Crippen LogP contribution in [0, 0.1) is 17.7 Å². The van der Waals surface area contributed by atoms with Crippen LogP contribution in [-0.4, -0.2) is 17.6 Å². The standard InChI is InChI=1S/C11H10ClFN2O2/c1-3-5-6-7(11(16)17-4-2)9(14)8(13)10(12)15-6/h4H2,1-2H3,(H2,14,15). The van der Waals surface area contributed by atoms with E-state index >= 15 is 0 Å². The van der Waals surface area contributed by atoms with Crippen molar-refractivity contribution in [2.75, 3.05) is 12.3 Å². The van der Waals surface area contributed by atoms with Gasteiger partial charge in [0.15, 0.2) is 11.0 Å². The number of hydrogen-bond acceptors (Lipinski definition) is 4. The van der Waals surface area contributed by atoms with Crippen LogP contribution in [0.4, 0.5) is 10.1 Å². The SMILES string of the molecule is CC#Cc1nc(Cl)c(F)c(N)c1C(=O)OCC. The molecule has 0 unspecified atom stereocenters. The summed E-state index contributed by atoms with van der Waals surface area (Å²) in [7, 11) is 0. The maximum absolute atomic E-state index is 13.4. The normalized spacial score (nSPS) is 9.41. The molecular formula is C11H10ClFN2O2. The number of esters is 1. The van der Waals surface area contributed by atoms with Gasteiger partial charge in [0.25, 0.3) is 0 Å². The molecule has 0 radical (unpaired) electrons. The highest BCUT2D eigenvalue weighted by molar-refractivity contribution is 6.30. The fourth-order valence-electron chi connectivity index (χ4n) is 1.17. The molecule has 1 aromatic heterocycles. The summed E-state index contributed by atoms with van der Waals surface area (Å²) in [4.78, 5) is 15.3. The van der Waals surface area contributed by atoms with Crippen molar-refractivity contribution >= 4 is 23.3 Å². The Bertz CT molecular complexity index is 520.